The second-order valence-electron chi connectivity index (χ2n) is 7.02. The molecule has 23 heavy (non-hydrogen) atoms. The number of halogens is 1. The highest BCUT2D eigenvalue weighted by Crippen LogP contribution is 2.45. The minimum absolute atomic E-state index is 0.194. The smallest absolute Gasteiger partial charge is 0.133 e. The molecule has 0 aromatic heterocycles. The number of ether oxygens (including phenoxy) is 2. The van der Waals surface area contributed by atoms with Crippen molar-refractivity contribution in [2.24, 2.45) is 11.3 Å². The lowest BCUT2D eigenvalue weighted by Crippen LogP contribution is -2.30. The number of hydrogen-bond donors (Lipinski definition) is 0. The zero-order valence-corrected chi connectivity index (χ0v) is 16.4. The lowest BCUT2D eigenvalue weighted by atomic mass is 9.65. The normalized spacial score (nSPS) is 20.2. The molecule has 1 aromatic carbocycles. The largest absolute Gasteiger partial charge is 0.496 e. The summed E-state index contributed by atoms with van der Waals surface area (Å²) in [5, 5.41) is 0. The van der Waals surface area contributed by atoms with Gasteiger partial charge < -0.3 is 9.47 Å². The van der Waals surface area contributed by atoms with Crippen LogP contribution in [-0.4, -0.2) is 13.7 Å². The molecule has 0 aliphatic heterocycles. The minimum Gasteiger partial charge on any atom is -0.496 e. The molecule has 1 unspecified atom stereocenters. The van der Waals surface area contributed by atoms with Crippen molar-refractivity contribution >= 4 is 15.9 Å². The maximum atomic E-state index is 5.85. The summed E-state index contributed by atoms with van der Waals surface area (Å²) >= 11 is 3.55. The lowest BCUT2D eigenvalue weighted by molar-refractivity contribution is 0.235. The summed E-state index contributed by atoms with van der Waals surface area (Å²) in [4.78, 5) is 0. The highest BCUT2D eigenvalue weighted by molar-refractivity contribution is 9.10. The number of hydrogen-bond acceptors (Lipinski definition) is 2. The van der Waals surface area contributed by atoms with Gasteiger partial charge in [0.15, 0.2) is 0 Å². The molecule has 1 aliphatic carbocycles. The third kappa shape index (κ3) is 4.00. The van der Waals surface area contributed by atoms with E-state index in [9.17, 15) is 0 Å². The third-order valence-electron chi connectivity index (χ3n) is 4.62. The summed E-state index contributed by atoms with van der Waals surface area (Å²) < 4.78 is 12.2. The number of benzene rings is 1. The van der Waals surface area contributed by atoms with Gasteiger partial charge in [-0.1, -0.05) is 37.6 Å². The molecule has 1 aromatic rings. The van der Waals surface area contributed by atoms with Crippen LogP contribution < -0.4 is 9.47 Å². The molecule has 1 atom stereocenters. The van der Waals surface area contributed by atoms with Crippen molar-refractivity contribution in [2.45, 2.75) is 40.5 Å². The van der Waals surface area contributed by atoms with E-state index in [4.69, 9.17) is 9.47 Å². The minimum atomic E-state index is 0.194. The Morgan fingerprint density at radius 3 is 2.57 bits per heavy atom. The topological polar surface area (TPSA) is 18.5 Å². The van der Waals surface area contributed by atoms with E-state index in [0.717, 1.165) is 28.8 Å². The fourth-order valence-electron chi connectivity index (χ4n) is 3.62. The maximum Gasteiger partial charge on any atom is 0.133 e. The zero-order chi connectivity index (χ0) is 17.2. The van der Waals surface area contributed by atoms with Crippen LogP contribution in [0.5, 0.6) is 11.5 Å². The summed E-state index contributed by atoms with van der Waals surface area (Å²) in [5.74, 6) is 2.17. The van der Waals surface area contributed by atoms with E-state index in [0.29, 0.717) is 12.5 Å². The van der Waals surface area contributed by atoms with Gasteiger partial charge in [0.2, 0.25) is 0 Å². The number of rotatable bonds is 5. The van der Waals surface area contributed by atoms with Gasteiger partial charge in [0.25, 0.3) is 0 Å². The van der Waals surface area contributed by atoms with Gasteiger partial charge in [-0.3, -0.25) is 0 Å². The third-order valence-corrected chi connectivity index (χ3v) is 5.24. The van der Waals surface area contributed by atoms with Crippen molar-refractivity contribution in [2.75, 3.05) is 13.7 Å². The molecule has 3 heteroatoms. The van der Waals surface area contributed by atoms with Gasteiger partial charge in [-0.15, -0.1) is 0 Å². The molecule has 0 fully saturated rings. The first-order chi connectivity index (χ1) is 10.8. The van der Waals surface area contributed by atoms with Crippen molar-refractivity contribution in [3.05, 3.63) is 46.0 Å². The highest BCUT2D eigenvalue weighted by atomic mass is 79.9. The maximum absolute atomic E-state index is 5.85. The SMILES string of the molecule is C=C1C=C(C)CC(C)(C)C1Cc1cc(OC)c(Br)cc1OCC. The Hall–Kier alpha value is -1.22. The van der Waals surface area contributed by atoms with Crippen molar-refractivity contribution in [1.82, 2.24) is 0 Å². The van der Waals surface area contributed by atoms with Gasteiger partial charge in [-0.25, -0.2) is 0 Å². The van der Waals surface area contributed by atoms with Crippen molar-refractivity contribution in [3.8, 4) is 11.5 Å². The predicted molar refractivity (Wildman–Crippen MR) is 100 cm³/mol. The second kappa shape index (κ2) is 7.12. The monoisotopic (exact) mass is 378 g/mol. The van der Waals surface area contributed by atoms with E-state index in [1.807, 2.05) is 13.0 Å². The van der Waals surface area contributed by atoms with Crippen LogP contribution in [0.1, 0.15) is 39.7 Å². The van der Waals surface area contributed by atoms with Gasteiger partial charge in [0, 0.05) is 0 Å². The van der Waals surface area contributed by atoms with Gasteiger partial charge in [-0.2, -0.15) is 0 Å². The Kier molecular flexibility index (Phi) is 5.61. The Morgan fingerprint density at radius 2 is 2.00 bits per heavy atom. The molecule has 2 nitrogen and oxygen atoms in total. The molecule has 0 radical (unpaired) electrons. The molecule has 0 spiro atoms. The first kappa shape index (κ1) is 18.1. The van der Waals surface area contributed by atoms with Crippen molar-refractivity contribution in [3.63, 3.8) is 0 Å². The second-order valence-corrected chi connectivity index (χ2v) is 7.87. The summed E-state index contributed by atoms with van der Waals surface area (Å²) in [7, 11) is 1.69. The summed E-state index contributed by atoms with van der Waals surface area (Å²) in [6, 6.07) is 4.10. The highest BCUT2D eigenvalue weighted by Gasteiger charge is 2.34. The van der Waals surface area contributed by atoms with E-state index < -0.39 is 0 Å². The van der Waals surface area contributed by atoms with Crippen LogP contribution in [0.4, 0.5) is 0 Å². The molecule has 1 aliphatic rings. The molecule has 0 saturated carbocycles. The molecular weight excluding hydrogens is 352 g/mol. The van der Waals surface area contributed by atoms with Gasteiger partial charge >= 0.3 is 0 Å². The van der Waals surface area contributed by atoms with Crippen LogP contribution in [0.3, 0.4) is 0 Å². The van der Waals surface area contributed by atoms with Gasteiger partial charge in [-0.05, 0) is 71.6 Å². The average molecular weight is 379 g/mol. The van der Waals surface area contributed by atoms with Gasteiger partial charge in [0.1, 0.15) is 11.5 Å². The standard InChI is InChI=1S/C20H27BrO2/c1-7-23-18-11-17(21)19(22-6)10-15(18)9-16-14(3)8-13(2)12-20(16,4)5/h8,10-11,16H,3,7,9,12H2,1-2,4-6H3. The number of allylic oxidation sites excluding steroid dienone is 3. The zero-order valence-electron chi connectivity index (χ0n) is 14.8. The molecule has 0 N–H and O–H groups in total. The fraction of sp³-hybridized carbons (Fsp3) is 0.500. The van der Waals surface area contributed by atoms with Crippen molar-refractivity contribution < 1.29 is 9.47 Å². The van der Waals surface area contributed by atoms with Crippen LogP contribution >= 0.6 is 15.9 Å². The quantitative estimate of drug-likeness (QED) is 0.630. The van der Waals surface area contributed by atoms with Crippen LogP contribution in [0.2, 0.25) is 0 Å². The summed E-state index contributed by atoms with van der Waals surface area (Å²) in [6.45, 7) is 13.8. The predicted octanol–water partition coefficient (Wildman–Crippen LogP) is 5.95. The first-order valence-electron chi connectivity index (χ1n) is 8.13. The van der Waals surface area contributed by atoms with Crippen LogP contribution in [0.25, 0.3) is 0 Å². The summed E-state index contributed by atoms with van der Waals surface area (Å²) in [5.41, 5.74) is 4.00. The van der Waals surface area contributed by atoms with Crippen molar-refractivity contribution in [1.29, 1.82) is 0 Å². The van der Waals surface area contributed by atoms with E-state index in [1.165, 1.54) is 16.7 Å². The van der Waals surface area contributed by atoms with Crippen LogP contribution in [0.15, 0.2) is 40.4 Å². The molecule has 0 amide bonds. The summed E-state index contributed by atoms with van der Waals surface area (Å²) in [6.07, 6.45) is 4.26. The van der Waals surface area contributed by atoms with E-state index >= 15 is 0 Å². The Bertz CT molecular complexity index is 629. The van der Waals surface area contributed by atoms with E-state index in [1.54, 1.807) is 7.11 Å². The molecule has 0 heterocycles. The Balaban J connectivity index is 2.40. The lowest BCUT2D eigenvalue weighted by Gasteiger charge is -2.39. The Labute approximate surface area is 148 Å². The molecule has 0 saturated heterocycles. The van der Waals surface area contributed by atoms with Crippen LogP contribution in [0, 0.1) is 11.3 Å². The van der Waals surface area contributed by atoms with E-state index in [-0.39, 0.29) is 5.41 Å². The first-order valence-corrected chi connectivity index (χ1v) is 8.93. The molecular formula is C20H27BrO2. The van der Waals surface area contributed by atoms with E-state index in [2.05, 4.69) is 55.4 Å². The van der Waals surface area contributed by atoms with Crippen LogP contribution in [-0.2, 0) is 6.42 Å². The molecule has 2 rings (SSSR count). The fourth-order valence-corrected chi connectivity index (χ4v) is 4.11. The molecule has 126 valence electrons. The molecule has 0 bridgehead atoms. The Morgan fingerprint density at radius 1 is 1.30 bits per heavy atom. The number of methoxy groups -OCH3 is 1. The average Bonchev–Trinajstić information content (AvgIpc) is 2.44. The van der Waals surface area contributed by atoms with Gasteiger partial charge in [0.05, 0.1) is 18.2 Å².